The van der Waals surface area contributed by atoms with Gasteiger partial charge in [0.25, 0.3) is 0 Å². The minimum atomic E-state index is -0.206. The van der Waals surface area contributed by atoms with Gasteiger partial charge >= 0.3 is 0 Å². The molecule has 0 aliphatic carbocycles. The van der Waals surface area contributed by atoms with Crippen LogP contribution in [0.1, 0.15) is 32.3 Å². The van der Waals surface area contributed by atoms with Crippen molar-refractivity contribution < 1.29 is 14.3 Å². The Morgan fingerprint density at radius 2 is 2.21 bits per heavy atom. The van der Waals surface area contributed by atoms with Crippen LogP contribution in [-0.4, -0.2) is 43.2 Å². The molecule has 6 heteroatoms. The third-order valence-electron chi connectivity index (χ3n) is 4.45. The van der Waals surface area contributed by atoms with Crippen LogP contribution in [-0.2, 0) is 16.1 Å². The second-order valence-corrected chi connectivity index (χ2v) is 6.35. The Morgan fingerprint density at radius 1 is 1.46 bits per heavy atom. The molecule has 1 aromatic rings. The summed E-state index contributed by atoms with van der Waals surface area (Å²) in [6.07, 6.45) is 2.20. The molecule has 1 aromatic carbocycles. The molecule has 0 saturated carbocycles. The molecule has 0 aromatic heterocycles. The lowest BCUT2D eigenvalue weighted by Gasteiger charge is -2.29. The standard InChI is InChI=1S/C18H28N2O3.ClH/c1-13(14(2)19)18(21)20(12-17-8-5-9-23-17)11-15-6-4-7-16(10-15)22-3;/h4,6-7,10,13-14,17H,5,8-9,11-12,19H2,1-3H3;1H. The maximum atomic E-state index is 12.8. The fourth-order valence-electron chi connectivity index (χ4n) is 2.77. The molecule has 0 bridgehead atoms. The molecule has 0 radical (unpaired) electrons. The predicted octanol–water partition coefficient (Wildman–Crippen LogP) is 2.61. The van der Waals surface area contributed by atoms with E-state index < -0.39 is 0 Å². The summed E-state index contributed by atoms with van der Waals surface area (Å²) in [6.45, 7) is 5.72. The van der Waals surface area contributed by atoms with Crippen LogP contribution in [0.2, 0.25) is 0 Å². The van der Waals surface area contributed by atoms with Crippen molar-refractivity contribution in [1.82, 2.24) is 4.90 Å². The van der Waals surface area contributed by atoms with Crippen molar-refractivity contribution in [2.75, 3.05) is 20.3 Å². The lowest BCUT2D eigenvalue weighted by atomic mass is 10.0. The SMILES string of the molecule is COc1cccc(CN(CC2CCCO2)C(=O)C(C)C(C)N)c1.Cl. The second kappa shape index (κ2) is 9.87. The highest BCUT2D eigenvalue weighted by Crippen LogP contribution is 2.19. The Hall–Kier alpha value is -1.30. The highest BCUT2D eigenvalue weighted by atomic mass is 35.5. The summed E-state index contributed by atoms with van der Waals surface area (Å²) in [5.41, 5.74) is 6.97. The number of halogens is 1. The van der Waals surface area contributed by atoms with Crippen molar-refractivity contribution in [2.45, 2.75) is 45.4 Å². The zero-order chi connectivity index (χ0) is 16.8. The van der Waals surface area contributed by atoms with Gasteiger partial charge in [-0.05, 0) is 37.5 Å². The van der Waals surface area contributed by atoms with Gasteiger partial charge in [0.2, 0.25) is 5.91 Å². The van der Waals surface area contributed by atoms with E-state index in [1.807, 2.05) is 43.0 Å². The van der Waals surface area contributed by atoms with Crippen molar-refractivity contribution >= 4 is 18.3 Å². The smallest absolute Gasteiger partial charge is 0.227 e. The van der Waals surface area contributed by atoms with Gasteiger partial charge in [-0.15, -0.1) is 12.4 Å². The molecule has 1 amide bonds. The lowest BCUT2D eigenvalue weighted by molar-refractivity contribution is -0.137. The normalized spacial score (nSPS) is 19.2. The number of carbonyl (C=O) groups excluding carboxylic acids is 1. The van der Waals surface area contributed by atoms with Crippen LogP contribution in [0.25, 0.3) is 0 Å². The van der Waals surface area contributed by atoms with E-state index in [0.717, 1.165) is 30.8 Å². The Labute approximate surface area is 150 Å². The monoisotopic (exact) mass is 356 g/mol. The Bertz CT molecular complexity index is 519. The number of hydrogen-bond acceptors (Lipinski definition) is 4. The number of methoxy groups -OCH3 is 1. The average molecular weight is 357 g/mol. The summed E-state index contributed by atoms with van der Waals surface area (Å²) >= 11 is 0. The maximum Gasteiger partial charge on any atom is 0.227 e. The average Bonchev–Trinajstić information content (AvgIpc) is 3.06. The van der Waals surface area contributed by atoms with Gasteiger partial charge in [-0.25, -0.2) is 0 Å². The molecule has 3 unspecified atom stereocenters. The van der Waals surface area contributed by atoms with E-state index in [-0.39, 0.29) is 36.4 Å². The number of amides is 1. The molecule has 24 heavy (non-hydrogen) atoms. The first-order chi connectivity index (χ1) is 11.0. The molecule has 2 N–H and O–H groups in total. The summed E-state index contributed by atoms with van der Waals surface area (Å²) in [5, 5.41) is 0. The van der Waals surface area contributed by atoms with Crippen molar-refractivity contribution in [3.63, 3.8) is 0 Å². The molecule has 1 fully saturated rings. The van der Waals surface area contributed by atoms with Gasteiger partial charge in [0.05, 0.1) is 19.1 Å². The Balaban J connectivity index is 0.00000288. The third kappa shape index (κ3) is 5.65. The van der Waals surface area contributed by atoms with Gasteiger partial charge in [0.1, 0.15) is 5.75 Å². The Kier molecular flexibility index (Phi) is 8.53. The zero-order valence-corrected chi connectivity index (χ0v) is 15.6. The third-order valence-corrected chi connectivity index (χ3v) is 4.45. The van der Waals surface area contributed by atoms with E-state index in [4.69, 9.17) is 15.2 Å². The largest absolute Gasteiger partial charge is 0.497 e. The van der Waals surface area contributed by atoms with Crippen LogP contribution in [0.4, 0.5) is 0 Å². The number of benzene rings is 1. The van der Waals surface area contributed by atoms with E-state index >= 15 is 0 Å². The van der Waals surface area contributed by atoms with Gasteiger partial charge in [0, 0.05) is 25.7 Å². The van der Waals surface area contributed by atoms with E-state index in [2.05, 4.69) is 0 Å². The summed E-state index contributed by atoms with van der Waals surface area (Å²) in [5.74, 6) is 0.674. The van der Waals surface area contributed by atoms with Gasteiger partial charge in [-0.3, -0.25) is 4.79 Å². The number of nitrogens with zero attached hydrogens (tertiary/aromatic N) is 1. The summed E-state index contributed by atoms with van der Waals surface area (Å²) < 4.78 is 11.0. The first kappa shape index (κ1) is 20.7. The van der Waals surface area contributed by atoms with Crippen LogP contribution in [0, 0.1) is 5.92 Å². The van der Waals surface area contributed by atoms with Crippen LogP contribution < -0.4 is 10.5 Å². The van der Waals surface area contributed by atoms with Gasteiger partial charge < -0.3 is 20.1 Å². The Morgan fingerprint density at radius 3 is 2.79 bits per heavy atom. The second-order valence-electron chi connectivity index (χ2n) is 6.35. The van der Waals surface area contributed by atoms with Gasteiger partial charge in [-0.2, -0.15) is 0 Å². The molecule has 1 aliphatic rings. The molecule has 1 heterocycles. The minimum absolute atomic E-state index is 0. The van der Waals surface area contributed by atoms with Crippen molar-refractivity contribution in [3.05, 3.63) is 29.8 Å². The number of nitrogens with two attached hydrogens (primary N) is 1. The predicted molar refractivity (Wildman–Crippen MR) is 97.4 cm³/mol. The highest BCUT2D eigenvalue weighted by Gasteiger charge is 2.27. The number of rotatable bonds is 7. The highest BCUT2D eigenvalue weighted by molar-refractivity contribution is 5.85. The van der Waals surface area contributed by atoms with Crippen LogP contribution in [0.15, 0.2) is 24.3 Å². The molecular weight excluding hydrogens is 328 g/mol. The van der Waals surface area contributed by atoms with E-state index in [1.165, 1.54) is 0 Å². The lowest BCUT2D eigenvalue weighted by Crippen LogP contribution is -2.44. The quantitative estimate of drug-likeness (QED) is 0.815. The summed E-state index contributed by atoms with van der Waals surface area (Å²) in [7, 11) is 1.65. The van der Waals surface area contributed by atoms with E-state index in [9.17, 15) is 4.79 Å². The molecular formula is C18H29ClN2O3. The fraction of sp³-hybridized carbons (Fsp3) is 0.611. The number of carbonyl (C=O) groups is 1. The van der Waals surface area contributed by atoms with E-state index in [0.29, 0.717) is 13.1 Å². The van der Waals surface area contributed by atoms with Crippen LogP contribution in [0.3, 0.4) is 0 Å². The molecule has 2 rings (SSSR count). The molecule has 1 aliphatic heterocycles. The first-order valence-corrected chi connectivity index (χ1v) is 8.30. The summed E-state index contributed by atoms with van der Waals surface area (Å²) in [6, 6.07) is 7.65. The van der Waals surface area contributed by atoms with Crippen LogP contribution >= 0.6 is 12.4 Å². The molecule has 0 spiro atoms. The van der Waals surface area contributed by atoms with Crippen molar-refractivity contribution in [3.8, 4) is 5.75 Å². The van der Waals surface area contributed by atoms with Crippen molar-refractivity contribution in [1.29, 1.82) is 0 Å². The van der Waals surface area contributed by atoms with Crippen molar-refractivity contribution in [2.24, 2.45) is 11.7 Å². The zero-order valence-electron chi connectivity index (χ0n) is 14.7. The fourth-order valence-corrected chi connectivity index (χ4v) is 2.77. The molecule has 1 saturated heterocycles. The van der Waals surface area contributed by atoms with Gasteiger partial charge in [0.15, 0.2) is 0 Å². The molecule has 3 atom stereocenters. The van der Waals surface area contributed by atoms with Crippen LogP contribution in [0.5, 0.6) is 5.75 Å². The van der Waals surface area contributed by atoms with E-state index in [1.54, 1.807) is 7.11 Å². The number of hydrogen-bond donors (Lipinski definition) is 1. The molecule has 136 valence electrons. The van der Waals surface area contributed by atoms with Gasteiger partial charge in [-0.1, -0.05) is 19.1 Å². The summed E-state index contributed by atoms with van der Waals surface area (Å²) in [4.78, 5) is 14.7. The first-order valence-electron chi connectivity index (χ1n) is 8.30. The minimum Gasteiger partial charge on any atom is -0.497 e. The number of ether oxygens (including phenoxy) is 2. The topological polar surface area (TPSA) is 64.8 Å². The maximum absolute atomic E-state index is 12.8. The molecule has 5 nitrogen and oxygen atoms in total.